The van der Waals surface area contributed by atoms with Crippen molar-refractivity contribution < 1.29 is 14.3 Å². The molecule has 2 atom stereocenters. The Morgan fingerprint density at radius 1 is 1.04 bits per heavy atom. The summed E-state index contributed by atoms with van der Waals surface area (Å²) < 4.78 is 4.70. The third kappa shape index (κ3) is 4.66. The molecule has 0 heterocycles. The Morgan fingerprint density at radius 3 is 2.17 bits per heavy atom. The molecule has 1 amide bonds. The average molecular weight is 312 g/mol. The summed E-state index contributed by atoms with van der Waals surface area (Å²) in [6, 6.07) is 16.9. The largest absolute Gasteiger partial charge is 0.468 e. The number of hydrogen-bond donors (Lipinski definition) is 2. The third-order valence-electron chi connectivity index (χ3n) is 3.52. The molecule has 0 radical (unpaired) electrons. The molecule has 0 bridgehead atoms. The second-order valence-electron chi connectivity index (χ2n) is 5.17. The summed E-state index contributed by atoms with van der Waals surface area (Å²) in [5.74, 6) is -0.775. The predicted octanol–water partition coefficient (Wildman–Crippen LogP) is 1.59. The first kappa shape index (κ1) is 16.7. The summed E-state index contributed by atoms with van der Waals surface area (Å²) in [7, 11) is 1.27. The summed E-state index contributed by atoms with van der Waals surface area (Å²) in [5.41, 5.74) is 7.60. The van der Waals surface area contributed by atoms with Crippen LogP contribution in [-0.2, 0) is 20.7 Å². The van der Waals surface area contributed by atoms with Gasteiger partial charge in [0.15, 0.2) is 0 Å². The van der Waals surface area contributed by atoms with Crippen LogP contribution in [0.1, 0.15) is 17.2 Å². The van der Waals surface area contributed by atoms with Crippen molar-refractivity contribution in [2.75, 3.05) is 7.11 Å². The van der Waals surface area contributed by atoms with Gasteiger partial charge in [0.1, 0.15) is 6.04 Å². The van der Waals surface area contributed by atoms with Crippen LogP contribution in [0.4, 0.5) is 0 Å². The molecule has 3 N–H and O–H groups in total. The molecule has 5 nitrogen and oxygen atoms in total. The minimum absolute atomic E-state index is 0.204. The monoisotopic (exact) mass is 312 g/mol. The van der Waals surface area contributed by atoms with Crippen LogP contribution in [-0.4, -0.2) is 25.0 Å². The van der Waals surface area contributed by atoms with Crippen molar-refractivity contribution in [3.63, 3.8) is 0 Å². The molecule has 5 heteroatoms. The molecule has 0 fully saturated rings. The number of carbonyl (C=O) groups excluding carboxylic acids is 2. The first-order valence-electron chi connectivity index (χ1n) is 7.33. The Balaban J connectivity index is 2.14. The van der Waals surface area contributed by atoms with E-state index in [2.05, 4.69) is 5.32 Å². The number of benzene rings is 2. The highest BCUT2D eigenvalue weighted by molar-refractivity contribution is 5.82. The van der Waals surface area contributed by atoms with Crippen molar-refractivity contribution >= 4 is 11.9 Å². The van der Waals surface area contributed by atoms with E-state index in [9.17, 15) is 9.59 Å². The third-order valence-corrected chi connectivity index (χ3v) is 3.52. The maximum atomic E-state index is 12.3. The number of hydrogen-bond acceptors (Lipinski definition) is 4. The summed E-state index contributed by atoms with van der Waals surface area (Å²) in [6.07, 6.45) is 0.220. The van der Waals surface area contributed by atoms with Crippen LogP contribution in [0, 0.1) is 0 Å². The van der Waals surface area contributed by atoms with Crippen molar-refractivity contribution in [3.05, 3.63) is 71.8 Å². The lowest BCUT2D eigenvalue weighted by molar-refractivity contribution is -0.143. The molecule has 0 saturated heterocycles. The van der Waals surface area contributed by atoms with Crippen molar-refractivity contribution in [3.8, 4) is 0 Å². The van der Waals surface area contributed by atoms with Crippen LogP contribution in [0.25, 0.3) is 0 Å². The lowest BCUT2D eigenvalue weighted by Gasteiger charge is -2.24. The minimum Gasteiger partial charge on any atom is -0.468 e. The number of nitrogens with one attached hydrogen (secondary N) is 1. The number of carbonyl (C=O) groups is 2. The average Bonchev–Trinajstić information content (AvgIpc) is 2.60. The van der Waals surface area contributed by atoms with Gasteiger partial charge in [0.2, 0.25) is 5.91 Å². The second kappa shape index (κ2) is 8.10. The fourth-order valence-electron chi connectivity index (χ4n) is 2.32. The van der Waals surface area contributed by atoms with Gasteiger partial charge in [-0.15, -0.1) is 0 Å². The van der Waals surface area contributed by atoms with Gasteiger partial charge in [0.25, 0.3) is 0 Å². The van der Waals surface area contributed by atoms with Gasteiger partial charge in [-0.2, -0.15) is 0 Å². The second-order valence-corrected chi connectivity index (χ2v) is 5.17. The molecular weight excluding hydrogens is 292 g/mol. The summed E-state index contributed by atoms with van der Waals surface area (Å²) in [4.78, 5) is 24.1. The maximum absolute atomic E-state index is 12.3. The van der Waals surface area contributed by atoms with Crippen LogP contribution < -0.4 is 11.1 Å². The molecule has 0 saturated carbocycles. The number of nitrogens with two attached hydrogens (primary N) is 1. The quantitative estimate of drug-likeness (QED) is 0.794. The van der Waals surface area contributed by atoms with Crippen LogP contribution in [0.2, 0.25) is 0 Å². The fourth-order valence-corrected chi connectivity index (χ4v) is 2.32. The lowest BCUT2D eigenvalue weighted by Crippen LogP contribution is -2.46. The van der Waals surface area contributed by atoms with Crippen LogP contribution in [0.15, 0.2) is 60.7 Å². The van der Waals surface area contributed by atoms with Gasteiger partial charge in [0.05, 0.1) is 19.6 Å². The van der Waals surface area contributed by atoms with E-state index in [1.807, 2.05) is 60.7 Å². The highest BCUT2D eigenvalue weighted by Gasteiger charge is 2.28. The molecule has 0 aliphatic rings. The molecule has 120 valence electrons. The Bertz CT molecular complexity index is 644. The summed E-state index contributed by atoms with van der Waals surface area (Å²) in [5, 5.41) is 2.83. The zero-order valence-electron chi connectivity index (χ0n) is 12.9. The van der Waals surface area contributed by atoms with Crippen molar-refractivity contribution in [1.29, 1.82) is 0 Å². The number of rotatable bonds is 6. The summed E-state index contributed by atoms with van der Waals surface area (Å²) >= 11 is 0. The Kier molecular flexibility index (Phi) is 5.88. The Hall–Kier alpha value is -2.66. The van der Waals surface area contributed by atoms with E-state index in [0.717, 1.165) is 11.1 Å². The highest BCUT2D eigenvalue weighted by Crippen LogP contribution is 2.17. The molecule has 0 aliphatic heterocycles. The van der Waals surface area contributed by atoms with E-state index in [4.69, 9.17) is 10.5 Å². The SMILES string of the molecule is COC(=O)C(N)C(NC(=O)Cc1ccccc1)c1ccccc1. The molecule has 2 unspecified atom stereocenters. The standard InChI is InChI=1S/C18H20N2O3/c1-23-18(22)16(19)17(14-10-6-3-7-11-14)20-15(21)12-13-8-4-2-5-9-13/h2-11,16-17H,12,19H2,1H3,(H,20,21). The van der Waals surface area contributed by atoms with Crippen molar-refractivity contribution in [1.82, 2.24) is 5.32 Å². The van der Waals surface area contributed by atoms with Gasteiger partial charge in [0, 0.05) is 0 Å². The molecule has 0 aromatic heterocycles. The maximum Gasteiger partial charge on any atom is 0.325 e. The zero-order chi connectivity index (χ0) is 16.7. The number of ether oxygens (including phenoxy) is 1. The lowest BCUT2D eigenvalue weighted by atomic mass is 9.99. The summed E-state index contributed by atoms with van der Waals surface area (Å²) in [6.45, 7) is 0. The number of methoxy groups -OCH3 is 1. The first-order valence-corrected chi connectivity index (χ1v) is 7.33. The smallest absolute Gasteiger partial charge is 0.325 e. The van der Waals surface area contributed by atoms with Gasteiger partial charge in [-0.05, 0) is 11.1 Å². The fraction of sp³-hybridized carbons (Fsp3) is 0.222. The van der Waals surface area contributed by atoms with Gasteiger partial charge in [-0.25, -0.2) is 0 Å². The van der Waals surface area contributed by atoms with E-state index in [1.165, 1.54) is 7.11 Å². The molecular formula is C18H20N2O3. The Labute approximate surface area is 135 Å². The molecule has 2 aromatic rings. The van der Waals surface area contributed by atoms with E-state index in [-0.39, 0.29) is 12.3 Å². The van der Waals surface area contributed by atoms with Gasteiger partial charge in [-0.3, -0.25) is 9.59 Å². The Morgan fingerprint density at radius 2 is 1.61 bits per heavy atom. The van der Waals surface area contributed by atoms with Crippen LogP contribution >= 0.6 is 0 Å². The van der Waals surface area contributed by atoms with E-state index >= 15 is 0 Å². The number of amides is 1. The highest BCUT2D eigenvalue weighted by atomic mass is 16.5. The molecule has 0 spiro atoms. The minimum atomic E-state index is -0.970. The first-order chi connectivity index (χ1) is 11.1. The normalized spacial score (nSPS) is 13.0. The predicted molar refractivity (Wildman–Crippen MR) is 87.5 cm³/mol. The van der Waals surface area contributed by atoms with Gasteiger partial charge < -0.3 is 15.8 Å². The molecule has 2 rings (SSSR count). The number of esters is 1. The topological polar surface area (TPSA) is 81.4 Å². The van der Waals surface area contributed by atoms with Crippen LogP contribution in [0.5, 0.6) is 0 Å². The van der Waals surface area contributed by atoms with Crippen LogP contribution in [0.3, 0.4) is 0 Å². The molecule has 23 heavy (non-hydrogen) atoms. The van der Waals surface area contributed by atoms with E-state index < -0.39 is 18.1 Å². The van der Waals surface area contributed by atoms with Gasteiger partial charge in [-0.1, -0.05) is 60.7 Å². The zero-order valence-corrected chi connectivity index (χ0v) is 12.9. The van der Waals surface area contributed by atoms with E-state index in [0.29, 0.717) is 0 Å². The van der Waals surface area contributed by atoms with Crippen molar-refractivity contribution in [2.24, 2.45) is 5.73 Å². The molecule has 0 aliphatic carbocycles. The van der Waals surface area contributed by atoms with Gasteiger partial charge >= 0.3 is 5.97 Å². The van der Waals surface area contributed by atoms with E-state index in [1.54, 1.807) is 0 Å². The molecule has 2 aromatic carbocycles. The van der Waals surface area contributed by atoms with Crippen molar-refractivity contribution in [2.45, 2.75) is 18.5 Å².